The van der Waals surface area contributed by atoms with Crippen molar-refractivity contribution in [1.82, 2.24) is 4.98 Å². The first-order chi connectivity index (χ1) is 13.2. The molecule has 3 aromatic carbocycles. The number of methoxy groups -OCH3 is 1. The highest BCUT2D eigenvalue weighted by atomic mass is 16.5. The molecule has 0 aliphatic heterocycles. The summed E-state index contributed by atoms with van der Waals surface area (Å²) in [5.74, 6) is 1.91. The van der Waals surface area contributed by atoms with Gasteiger partial charge in [0.25, 0.3) is 5.56 Å². The molecule has 4 aromatic rings. The Hall–Kier alpha value is -3.73. The van der Waals surface area contributed by atoms with Crippen molar-refractivity contribution in [2.24, 2.45) is 0 Å². The molecule has 2 N–H and O–H groups in total. The van der Waals surface area contributed by atoms with Crippen LogP contribution in [0.15, 0.2) is 77.6 Å². The number of aromatic nitrogens is 1. The Bertz CT molecular complexity index is 1150. The number of aromatic hydroxyl groups is 1. The second kappa shape index (κ2) is 6.88. The lowest BCUT2D eigenvalue weighted by Crippen LogP contribution is -2.09. The fourth-order valence-electron chi connectivity index (χ4n) is 2.97. The highest BCUT2D eigenvalue weighted by molar-refractivity contribution is 5.92. The van der Waals surface area contributed by atoms with Gasteiger partial charge in [-0.2, -0.15) is 0 Å². The molecule has 0 atom stereocenters. The van der Waals surface area contributed by atoms with Crippen molar-refractivity contribution < 1.29 is 14.6 Å². The molecular formula is C22H17NO4. The van der Waals surface area contributed by atoms with E-state index < -0.39 is 0 Å². The van der Waals surface area contributed by atoms with E-state index in [9.17, 15) is 9.90 Å². The van der Waals surface area contributed by atoms with Crippen molar-refractivity contribution in [2.45, 2.75) is 0 Å². The third-order valence-corrected chi connectivity index (χ3v) is 4.32. The van der Waals surface area contributed by atoms with Crippen molar-refractivity contribution in [3.05, 3.63) is 83.2 Å². The fourth-order valence-corrected chi connectivity index (χ4v) is 2.97. The van der Waals surface area contributed by atoms with Crippen LogP contribution in [0, 0.1) is 0 Å². The number of pyridine rings is 1. The zero-order valence-electron chi connectivity index (χ0n) is 14.6. The van der Waals surface area contributed by atoms with Gasteiger partial charge in [-0.25, -0.2) is 0 Å². The Morgan fingerprint density at radius 1 is 0.852 bits per heavy atom. The molecule has 0 saturated heterocycles. The normalized spacial score (nSPS) is 10.7. The molecule has 5 heteroatoms. The Morgan fingerprint density at radius 3 is 2.22 bits per heavy atom. The van der Waals surface area contributed by atoms with Gasteiger partial charge in [0.1, 0.15) is 23.0 Å². The quantitative estimate of drug-likeness (QED) is 0.554. The van der Waals surface area contributed by atoms with Gasteiger partial charge in [0, 0.05) is 11.5 Å². The molecule has 4 rings (SSSR count). The molecule has 0 aliphatic carbocycles. The van der Waals surface area contributed by atoms with Gasteiger partial charge in [0.05, 0.1) is 18.2 Å². The van der Waals surface area contributed by atoms with E-state index in [1.165, 1.54) is 0 Å². The molecule has 1 aromatic heterocycles. The van der Waals surface area contributed by atoms with E-state index in [0.29, 0.717) is 28.0 Å². The summed E-state index contributed by atoms with van der Waals surface area (Å²) >= 11 is 0. The van der Waals surface area contributed by atoms with Gasteiger partial charge >= 0.3 is 0 Å². The molecule has 27 heavy (non-hydrogen) atoms. The molecule has 0 spiro atoms. The van der Waals surface area contributed by atoms with Crippen molar-refractivity contribution in [3.63, 3.8) is 0 Å². The molecule has 0 radical (unpaired) electrons. The van der Waals surface area contributed by atoms with Gasteiger partial charge in [-0.15, -0.1) is 0 Å². The molecular weight excluding hydrogens is 342 g/mol. The SMILES string of the molecule is COc1ccc2c(O)c(-c3ccc(Oc4ccccc4)cc3)c(=O)[nH]c2c1. The topological polar surface area (TPSA) is 71.5 Å². The average molecular weight is 359 g/mol. The lowest BCUT2D eigenvalue weighted by molar-refractivity contribution is 0.415. The predicted molar refractivity (Wildman–Crippen MR) is 105 cm³/mol. The van der Waals surface area contributed by atoms with Gasteiger partial charge in [0.2, 0.25) is 0 Å². The minimum atomic E-state index is -0.370. The average Bonchev–Trinajstić information content (AvgIpc) is 2.69. The largest absolute Gasteiger partial charge is 0.506 e. The van der Waals surface area contributed by atoms with Gasteiger partial charge in [-0.1, -0.05) is 30.3 Å². The first kappa shape index (κ1) is 16.7. The third-order valence-electron chi connectivity index (χ3n) is 4.32. The number of hydrogen-bond acceptors (Lipinski definition) is 4. The van der Waals surface area contributed by atoms with Crippen molar-refractivity contribution in [1.29, 1.82) is 0 Å². The first-order valence-corrected chi connectivity index (χ1v) is 8.42. The highest BCUT2D eigenvalue weighted by Crippen LogP contribution is 2.34. The Morgan fingerprint density at radius 2 is 1.52 bits per heavy atom. The predicted octanol–water partition coefficient (Wildman–Crippen LogP) is 4.70. The molecule has 1 heterocycles. The number of benzene rings is 3. The van der Waals surface area contributed by atoms with E-state index in [2.05, 4.69) is 4.98 Å². The maximum atomic E-state index is 12.5. The summed E-state index contributed by atoms with van der Waals surface area (Å²) in [6.07, 6.45) is 0. The van der Waals surface area contributed by atoms with E-state index in [4.69, 9.17) is 9.47 Å². The van der Waals surface area contributed by atoms with Gasteiger partial charge in [-0.3, -0.25) is 4.79 Å². The molecule has 0 unspecified atom stereocenters. The number of hydrogen-bond donors (Lipinski definition) is 2. The van der Waals surface area contributed by atoms with E-state index in [0.717, 1.165) is 5.75 Å². The lowest BCUT2D eigenvalue weighted by Gasteiger charge is -2.10. The second-order valence-electron chi connectivity index (χ2n) is 6.03. The molecule has 134 valence electrons. The summed E-state index contributed by atoms with van der Waals surface area (Å²) in [4.78, 5) is 15.3. The van der Waals surface area contributed by atoms with Crippen LogP contribution in [0.1, 0.15) is 0 Å². The summed E-state index contributed by atoms with van der Waals surface area (Å²) in [6, 6.07) is 21.6. The van der Waals surface area contributed by atoms with Crippen LogP contribution in [-0.2, 0) is 0 Å². The summed E-state index contributed by atoms with van der Waals surface area (Å²) in [5, 5.41) is 11.2. The Kier molecular flexibility index (Phi) is 4.26. The van der Waals surface area contributed by atoms with E-state index in [-0.39, 0.29) is 16.9 Å². The van der Waals surface area contributed by atoms with Crippen LogP contribution in [-0.4, -0.2) is 17.2 Å². The summed E-state index contributed by atoms with van der Waals surface area (Å²) < 4.78 is 10.9. The van der Waals surface area contributed by atoms with Gasteiger partial charge in [0.15, 0.2) is 0 Å². The van der Waals surface area contributed by atoms with Crippen LogP contribution in [0.25, 0.3) is 22.0 Å². The maximum absolute atomic E-state index is 12.5. The molecule has 0 saturated carbocycles. The zero-order chi connectivity index (χ0) is 18.8. The van der Waals surface area contributed by atoms with Crippen molar-refractivity contribution in [3.8, 4) is 34.1 Å². The number of ether oxygens (including phenoxy) is 2. The Labute approximate surface area is 155 Å². The minimum absolute atomic E-state index is 0.0619. The van der Waals surface area contributed by atoms with Crippen LogP contribution in [0.3, 0.4) is 0 Å². The standard InChI is InChI=1S/C22H17NO4/c1-26-17-11-12-18-19(13-17)23-22(25)20(21(18)24)14-7-9-16(10-8-14)27-15-5-3-2-4-6-15/h2-13H,1H3,(H2,23,24,25). The maximum Gasteiger partial charge on any atom is 0.260 e. The number of rotatable bonds is 4. The molecule has 0 amide bonds. The van der Waals surface area contributed by atoms with E-state index in [1.54, 1.807) is 49.6 Å². The third kappa shape index (κ3) is 3.22. The fraction of sp³-hybridized carbons (Fsp3) is 0.0455. The molecule has 0 bridgehead atoms. The number of para-hydroxylation sites is 1. The Balaban J connectivity index is 1.72. The number of fused-ring (bicyclic) bond motifs is 1. The summed E-state index contributed by atoms with van der Waals surface area (Å²) in [6.45, 7) is 0. The summed E-state index contributed by atoms with van der Waals surface area (Å²) in [5.41, 5.74) is 0.973. The number of aromatic amines is 1. The second-order valence-corrected chi connectivity index (χ2v) is 6.03. The van der Waals surface area contributed by atoms with Crippen LogP contribution < -0.4 is 15.0 Å². The van der Waals surface area contributed by atoms with Crippen molar-refractivity contribution >= 4 is 10.9 Å². The van der Waals surface area contributed by atoms with Gasteiger partial charge < -0.3 is 19.6 Å². The van der Waals surface area contributed by atoms with Crippen molar-refractivity contribution in [2.75, 3.05) is 7.11 Å². The lowest BCUT2D eigenvalue weighted by atomic mass is 10.0. The minimum Gasteiger partial charge on any atom is -0.506 e. The summed E-state index contributed by atoms with van der Waals surface area (Å²) in [7, 11) is 1.55. The van der Waals surface area contributed by atoms with Crippen LogP contribution in [0.2, 0.25) is 0 Å². The van der Waals surface area contributed by atoms with E-state index in [1.807, 2.05) is 30.3 Å². The van der Waals surface area contributed by atoms with Gasteiger partial charge in [-0.05, 0) is 42.0 Å². The molecule has 0 aliphatic rings. The number of nitrogens with one attached hydrogen (secondary N) is 1. The molecule has 5 nitrogen and oxygen atoms in total. The van der Waals surface area contributed by atoms with Crippen LogP contribution in [0.5, 0.6) is 23.0 Å². The zero-order valence-corrected chi connectivity index (χ0v) is 14.6. The van der Waals surface area contributed by atoms with Crippen LogP contribution >= 0.6 is 0 Å². The smallest absolute Gasteiger partial charge is 0.260 e. The van der Waals surface area contributed by atoms with Crippen LogP contribution in [0.4, 0.5) is 0 Å². The first-order valence-electron chi connectivity index (χ1n) is 8.42. The monoisotopic (exact) mass is 359 g/mol. The van der Waals surface area contributed by atoms with E-state index >= 15 is 0 Å². The number of H-pyrrole nitrogens is 1. The molecule has 0 fully saturated rings. The highest BCUT2D eigenvalue weighted by Gasteiger charge is 2.14.